The summed E-state index contributed by atoms with van der Waals surface area (Å²) >= 11 is 0. The van der Waals surface area contributed by atoms with Crippen molar-refractivity contribution in [3.05, 3.63) is 66.9 Å². The smallest absolute Gasteiger partial charge is 0.330 e. The Morgan fingerprint density at radius 1 is 1.34 bits per heavy atom. The second-order valence-corrected chi connectivity index (χ2v) is 7.86. The number of nitro groups is 1. The Morgan fingerprint density at radius 3 is 2.69 bits per heavy atom. The standard InChI is InChI=1S/C22H29N5O5/c1-4-5-12-26-20(23)19(21(29)24-22(26)30)25(13-11-15(2)3)18(28)10-9-16-7-6-8-17(14-16)27(31)32/h6-10,14-15H,4-5,11-13,23H2,1-3H3,(H,24,29,30)/b10-9+. The third-order valence-electron chi connectivity index (χ3n) is 4.91. The fraction of sp³-hybridized carbons (Fsp3) is 0.409. The van der Waals surface area contributed by atoms with E-state index in [1.807, 2.05) is 20.8 Å². The average molecular weight is 444 g/mol. The summed E-state index contributed by atoms with van der Waals surface area (Å²) < 4.78 is 1.26. The molecule has 1 aromatic carbocycles. The van der Waals surface area contributed by atoms with Crippen LogP contribution in [0, 0.1) is 16.0 Å². The molecule has 0 saturated heterocycles. The van der Waals surface area contributed by atoms with Crippen LogP contribution in [0.5, 0.6) is 0 Å². The number of amides is 1. The lowest BCUT2D eigenvalue weighted by Crippen LogP contribution is -2.41. The van der Waals surface area contributed by atoms with Gasteiger partial charge in [-0.3, -0.25) is 29.3 Å². The number of carbonyl (C=O) groups excluding carboxylic acids is 1. The molecule has 1 aromatic heterocycles. The van der Waals surface area contributed by atoms with Gasteiger partial charge in [0.05, 0.1) is 4.92 Å². The zero-order valence-electron chi connectivity index (χ0n) is 18.5. The Labute approximate surface area is 185 Å². The number of anilines is 2. The van der Waals surface area contributed by atoms with Crippen LogP contribution in [-0.2, 0) is 11.3 Å². The molecular formula is C22H29N5O5. The molecule has 1 amide bonds. The molecule has 0 radical (unpaired) electrons. The molecule has 0 atom stereocenters. The number of rotatable bonds is 10. The van der Waals surface area contributed by atoms with Crippen LogP contribution < -0.4 is 21.9 Å². The van der Waals surface area contributed by atoms with E-state index in [9.17, 15) is 24.5 Å². The molecular weight excluding hydrogens is 414 g/mol. The summed E-state index contributed by atoms with van der Waals surface area (Å²) in [7, 11) is 0. The number of hydrogen-bond donors (Lipinski definition) is 2. The van der Waals surface area contributed by atoms with E-state index < -0.39 is 22.1 Å². The van der Waals surface area contributed by atoms with E-state index >= 15 is 0 Å². The van der Waals surface area contributed by atoms with Gasteiger partial charge in [-0.2, -0.15) is 0 Å². The van der Waals surface area contributed by atoms with Gasteiger partial charge in [0.1, 0.15) is 5.82 Å². The number of nitrogens with zero attached hydrogens (tertiary/aromatic N) is 3. The number of nitrogens with two attached hydrogens (primary N) is 1. The average Bonchev–Trinajstić information content (AvgIpc) is 2.74. The number of aromatic nitrogens is 2. The molecule has 0 aliphatic heterocycles. The molecule has 10 nitrogen and oxygen atoms in total. The highest BCUT2D eigenvalue weighted by molar-refractivity contribution is 6.05. The summed E-state index contributed by atoms with van der Waals surface area (Å²) in [4.78, 5) is 51.9. The third kappa shape index (κ3) is 6.16. The van der Waals surface area contributed by atoms with Crippen molar-refractivity contribution < 1.29 is 9.72 Å². The summed E-state index contributed by atoms with van der Waals surface area (Å²) in [6.45, 7) is 6.47. The number of nitrogens with one attached hydrogen (secondary N) is 1. The van der Waals surface area contributed by atoms with Gasteiger partial charge in [-0.25, -0.2) is 4.79 Å². The summed E-state index contributed by atoms with van der Waals surface area (Å²) in [5.41, 5.74) is 5.12. The van der Waals surface area contributed by atoms with Crippen molar-refractivity contribution in [1.29, 1.82) is 0 Å². The third-order valence-corrected chi connectivity index (χ3v) is 4.91. The number of aromatic amines is 1. The van der Waals surface area contributed by atoms with Crippen LogP contribution in [0.15, 0.2) is 39.9 Å². The number of nitrogen functional groups attached to an aromatic ring is 1. The van der Waals surface area contributed by atoms with Crippen LogP contribution in [0.4, 0.5) is 17.2 Å². The highest BCUT2D eigenvalue weighted by Crippen LogP contribution is 2.20. The Hall–Kier alpha value is -3.69. The van der Waals surface area contributed by atoms with E-state index in [0.717, 1.165) is 6.42 Å². The van der Waals surface area contributed by atoms with Crippen molar-refractivity contribution in [2.24, 2.45) is 5.92 Å². The first-order chi connectivity index (χ1) is 15.1. The van der Waals surface area contributed by atoms with Gasteiger partial charge in [0.25, 0.3) is 17.2 Å². The highest BCUT2D eigenvalue weighted by atomic mass is 16.6. The zero-order chi connectivity index (χ0) is 23.8. The number of H-pyrrole nitrogens is 1. The summed E-state index contributed by atoms with van der Waals surface area (Å²) in [6.07, 6.45) is 4.78. The lowest BCUT2D eigenvalue weighted by atomic mass is 10.1. The normalized spacial score (nSPS) is 11.2. The van der Waals surface area contributed by atoms with Gasteiger partial charge in [0, 0.05) is 31.3 Å². The minimum absolute atomic E-state index is 0.0620. The van der Waals surface area contributed by atoms with E-state index in [-0.39, 0.29) is 29.7 Å². The lowest BCUT2D eigenvalue weighted by Gasteiger charge is -2.24. The molecule has 0 spiro atoms. The van der Waals surface area contributed by atoms with Crippen molar-refractivity contribution in [2.45, 2.75) is 46.6 Å². The van der Waals surface area contributed by atoms with E-state index in [1.54, 1.807) is 6.07 Å². The van der Waals surface area contributed by atoms with Crippen LogP contribution in [0.25, 0.3) is 6.08 Å². The summed E-state index contributed by atoms with van der Waals surface area (Å²) in [5.74, 6) is -0.333. The minimum atomic E-state index is -0.735. The molecule has 0 unspecified atom stereocenters. The summed E-state index contributed by atoms with van der Waals surface area (Å²) in [5, 5.41) is 11.0. The van der Waals surface area contributed by atoms with Crippen LogP contribution >= 0.6 is 0 Å². The first kappa shape index (κ1) is 24.6. The molecule has 1 heterocycles. The summed E-state index contributed by atoms with van der Waals surface area (Å²) in [6, 6.07) is 5.84. The molecule has 172 valence electrons. The predicted molar refractivity (Wildman–Crippen MR) is 125 cm³/mol. The maximum atomic E-state index is 13.1. The van der Waals surface area contributed by atoms with Gasteiger partial charge in [0.2, 0.25) is 0 Å². The van der Waals surface area contributed by atoms with E-state index in [0.29, 0.717) is 24.9 Å². The van der Waals surface area contributed by atoms with Crippen LogP contribution in [0.1, 0.15) is 45.6 Å². The predicted octanol–water partition coefficient (Wildman–Crippen LogP) is 2.92. The van der Waals surface area contributed by atoms with Crippen LogP contribution in [0.2, 0.25) is 0 Å². The fourth-order valence-corrected chi connectivity index (χ4v) is 3.10. The Kier molecular flexibility index (Phi) is 8.51. The van der Waals surface area contributed by atoms with Gasteiger partial charge in [-0.05, 0) is 30.4 Å². The van der Waals surface area contributed by atoms with Crippen LogP contribution in [-0.4, -0.2) is 26.9 Å². The molecule has 32 heavy (non-hydrogen) atoms. The lowest BCUT2D eigenvalue weighted by molar-refractivity contribution is -0.384. The number of benzene rings is 1. The van der Waals surface area contributed by atoms with Crippen molar-refractivity contribution >= 4 is 29.2 Å². The number of carbonyl (C=O) groups is 1. The van der Waals surface area contributed by atoms with Crippen molar-refractivity contribution in [1.82, 2.24) is 9.55 Å². The monoisotopic (exact) mass is 443 g/mol. The second-order valence-electron chi connectivity index (χ2n) is 7.86. The first-order valence-corrected chi connectivity index (χ1v) is 10.5. The first-order valence-electron chi connectivity index (χ1n) is 10.5. The highest BCUT2D eigenvalue weighted by Gasteiger charge is 2.23. The maximum Gasteiger partial charge on any atom is 0.330 e. The second kappa shape index (κ2) is 11.1. The Balaban J connectivity index is 2.47. The largest absolute Gasteiger partial charge is 0.383 e. The van der Waals surface area contributed by atoms with Crippen LogP contribution in [0.3, 0.4) is 0 Å². The van der Waals surface area contributed by atoms with Gasteiger partial charge >= 0.3 is 5.69 Å². The molecule has 0 bridgehead atoms. The quantitative estimate of drug-likeness (QED) is 0.328. The molecule has 2 aromatic rings. The van der Waals surface area contributed by atoms with Crippen molar-refractivity contribution in [2.75, 3.05) is 17.2 Å². The molecule has 2 rings (SSSR count). The number of nitro benzene ring substituents is 1. The van der Waals surface area contributed by atoms with Gasteiger partial charge in [0.15, 0.2) is 5.69 Å². The van der Waals surface area contributed by atoms with E-state index in [1.165, 1.54) is 39.8 Å². The van der Waals surface area contributed by atoms with Gasteiger partial charge in [-0.1, -0.05) is 39.3 Å². The van der Waals surface area contributed by atoms with Crippen molar-refractivity contribution in [3.8, 4) is 0 Å². The molecule has 0 aliphatic rings. The maximum absolute atomic E-state index is 13.1. The number of non-ortho nitro benzene ring substituents is 1. The number of hydrogen-bond acceptors (Lipinski definition) is 6. The van der Waals surface area contributed by atoms with Crippen molar-refractivity contribution in [3.63, 3.8) is 0 Å². The minimum Gasteiger partial charge on any atom is -0.383 e. The number of unbranched alkanes of at least 4 members (excludes halogenated alkanes) is 1. The molecule has 3 N–H and O–H groups in total. The molecule has 10 heteroatoms. The zero-order valence-corrected chi connectivity index (χ0v) is 18.5. The topological polar surface area (TPSA) is 144 Å². The fourth-order valence-electron chi connectivity index (χ4n) is 3.10. The SMILES string of the molecule is CCCCn1c(N)c(N(CCC(C)C)C(=O)/C=C/c2cccc([N+](=O)[O-])c2)c(=O)[nH]c1=O. The van der Waals surface area contributed by atoms with E-state index in [2.05, 4.69) is 4.98 Å². The molecule has 0 aliphatic carbocycles. The molecule has 0 fully saturated rings. The Morgan fingerprint density at radius 2 is 2.06 bits per heavy atom. The molecule has 0 saturated carbocycles. The van der Waals surface area contributed by atoms with Gasteiger partial charge in [-0.15, -0.1) is 0 Å². The van der Waals surface area contributed by atoms with E-state index in [4.69, 9.17) is 5.73 Å². The Bertz CT molecular complexity index is 1120. The van der Waals surface area contributed by atoms with Gasteiger partial charge < -0.3 is 10.6 Å².